The van der Waals surface area contributed by atoms with E-state index in [1.165, 1.54) is 0 Å². The van der Waals surface area contributed by atoms with Gasteiger partial charge in [-0.05, 0) is 0 Å². The van der Waals surface area contributed by atoms with E-state index < -0.39 is 61.2 Å². The van der Waals surface area contributed by atoms with Crippen molar-refractivity contribution in [2.24, 2.45) is 0 Å². The van der Waals surface area contributed by atoms with Crippen LogP contribution >= 0.6 is 0 Å². The highest BCUT2D eigenvalue weighted by Crippen LogP contribution is 2.29. The zero-order valence-corrected chi connectivity index (χ0v) is 13.7. The molecule has 1 aliphatic rings. The standard InChI is InChI=1S/C14H20O10/c1-6(16)20-11-10(5-15)24-14(23-9(4)19)13(22-8(3)18)12(11)21-7(2)17/h10-15H,5H2,1-4H3/t10-,11+,12+,13-,14-/m1/s1. The quantitative estimate of drug-likeness (QED) is 0.490. The molecule has 1 aliphatic heterocycles. The molecule has 0 aromatic rings. The molecule has 0 aliphatic carbocycles. The third kappa shape index (κ3) is 5.46. The summed E-state index contributed by atoms with van der Waals surface area (Å²) in [6.07, 6.45) is -6.56. The number of ether oxygens (including phenoxy) is 5. The van der Waals surface area contributed by atoms with E-state index in [0.29, 0.717) is 0 Å². The van der Waals surface area contributed by atoms with Gasteiger partial charge >= 0.3 is 23.9 Å². The third-order valence-corrected chi connectivity index (χ3v) is 2.96. The maximum Gasteiger partial charge on any atom is 0.305 e. The molecule has 0 spiro atoms. The molecule has 1 fully saturated rings. The predicted molar refractivity (Wildman–Crippen MR) is 74.2 cm³/mol. The molecule has 0 unspecified atom stereocenters. The number of carbonyl (C=O) groups is 4. The maximum atomic E-state index is 11.4. The lowest BCUT2D eigenvalue weighted by molar-refractivity contribution is -0.299. The van der Waals surface area contributed by atoms with E-state index in [1.54, 1.807) is 0 Å². The van der Waals surface area contributed by atoms with Gasteiger partial charge in [0.1, 0.15) is 6.10 Å². The minimum absolute atomic E-state index is 0.625. The maximum absolute atomic E-state index is 11.4. The first-order valence-electron chi connectivity index (χ1n) is 7.11. The van der Waals surface area contributed by atoms with E-state index in [0.717, 1.165) is 27.7 Å². The predicted octanol–water partition coefficient (Wildman–Crippen LogP) is -0.938. The van der Waals surface area contributed by atoms with E-state index in [9.17, 15) is 24.3 Å². The molecular formula is C14H20O10. The Morgan fingerprint density at radius 1 is 0.750 bits per heavy atom. The van der Waals surface area contributed by atoms with Crippen molar-refractivity contribution < 1.29 is 48.0 Å². The van der Waals surface area contributed by atoms with Crippen molar-refractivity contribution in [1.82, 2.24) is 0 Å². The van der Waals surface area contributed by atoms with Gasteiger partial charge in [-0.15, -0.1) is 0 Å². The Kier molecular flexibility index (Phi) is 7.11. The Morgan fingerprint density at radius 2 is 1.17 bits per heavy atom. The zero-order valence-electron chi connectivity index (χ0n) is 13.7. The van der Waals surface area contributed by atoms with E-state index in [1.807, 2.05) is 0 Å². The molecule has 10 nitrogen and oxygen atoms in total. The first kappa shape index (κ1) is 19.8. The smallest absolute Gasteiger partial charge is 0.305 e. The second kappa shape index (κ2) is 8.60. The van der Waals surface area contributed by atoms with Gasteiger partial charge in [-0.2, -0.15) is 0 Å². The summed E-state index contributed by atoms with van der Waals surface area (Å²) in [7, 11) is 0. The lowest BCUT2D eigenvalue weighted by Crippen LogP contribution is -2.62. The van der Waals surface area contributed by atoms with Crippen LogP contribution in [-0.4, -0.2) is 66.3 Å². The van der Waals surface area contributed by atoms with Gasteiger partial charge in [0.15, 0.2) is 12.2 Å². The molecule has 1 N–H and O–H groups in total. The number of rotatable bonds is 5. The van der Waals surface area contributed by atoms with Crippen LogP contribution in [0.2, 0.25) is 0 Å². The molecule has 1 rings (SSSR count). The number of esters is 4. The minimum Gasteiger partial charge on any atom is -0.456 e. The van der Waals surface area contributed by atoms with Crippen LogP contribution in [0.1, 0.15) is 27.7 Å². The molecule has 1 heterocycles. The number of aliphatic hydroxyl groups is 1. The Bertz CT molecular complexity index is 502. The molecule has 136 valence electrons. The van der Waals surface area contributed by atoms with Crippen LogP contribution in [0.5, 0.6) is 0 Å². The lowest BCUT2D eigenvalue weighted by Gasteiger charge is -2.43. The zero-order chi connectivity index (χ0) is 18.4. The van der Waals surface area contributed by atoms with Crippen molar-refractivity contribution in [3.63, 3.8) is 0 Å². The van der Waals surface area contributed by atoms with Crippen LogP contribution in [0.25, 0.3) is 0 Å². The van der Waals surface area contributed by atoms with Crippen molar-refractivity contribution in [1.29, 1.82) is 0 Å². The highest BCUT2D eigenvalue weighted by molar-refractivity contribution is 5.69. The van der Waals surface area contributed by atoms with Gasteiger partial charge in [-0.3, -0.25) is 19.2 Å². The van der Waals surface area contributed by atoms with Crippen molar-refractivity contribution in [2.45, 2.75) is 58.4 Å². The molecule has 0 saturated carbocycles. The van der Waals surface area contributed by atoms with Crippen LogP contribution in [0.4, 0.5) is 0 Å². The van der Waals surface area contributed by atoms with Gasteiger partial charge in [0.05, 0.1) is 6.61 Å². The van der Waals surface area contributed by atoms with Crippen LogP contribution < -0.4 is 0 Å². The summed E-state index contributed by atoms with van der Waals surface area (Å²) in [4.78, 5) is 45.3. The largest absolute Gasteiger partial charge is 0.456 e. The molecule has 5 atom stereocenters. The number of hydrogen-bond donors (Lipinski definition) is 1. The molecule has 0 radical (unpaired) electrons. The van der Waals surface area contributed by atoms with Gasteiger partial charge in [0, 0.05) is 27.7 Å². The minimum atomic E-state index is -1.44. The highest BCUT2D eigenvalue weighted by Gasteiger charge is 2.53. The summed E-state index contributed by atoms with van der Waals surface area (Å²) in [5.74, 6) is -3.00. The first-order valence-corrected chi connectivity index (χ1v) is 7.11. The average Bonchev–Trinajstić information content (AvgIpc) is 2.42. The normalized spacial score (nSPS) is 29.3. The van der Waals surface area contributed by atoms with Crippen molar-refractivity contribution in [3.05, 3.63) is 0 Å². The van der Waals surface area contributed by atoms with E-state index in [4.69, 9.17) is 23.7 Å². The summed E-state index contributed by atoms with van der Waals surface area (Å²) in [6, 6.07) is 0. The number of carbonyl (C=O) groups excluding carboxylic acids is 4. The van der Waals surface area contributed by atoms with Gasteiger partial charge in [-0.25, -0.2) is 0 Å². The Balaban J connectivity index is 3.23. The van der Waals surface area contributed by atoms with Crippen LogP contribution in [0.3, 0.4) is 0 Å². The third-order valence-electron chi connectivity index (χ3n) is 2.96. The summed E-state index contributed by atoms with van der Waals surface area (Å²) in [6.45, 7) is 3.77. The lowest BCUT2D eigenvalue weighted by atomic mass is 9.98. The fourth-order valence-electron chi connectivity index (χ4n) is 2.26. The van der Waals surface area contributed by atoms with E-state index in [-0.39, 0.29) is 0 Å². The van der Waals surface area contributed by atoms with Gasteiger partial charge in [-0.1, -0.05) is 0 Å². The van der Waals surface area contributed by atoms with E-state index >= 15 is 0 Å². The Labute approximate surface area is 137 Å². The van der Waals surface area contributed by atoms with Crippen molar-refractivity contribution in [3.8, 4) is 0 Å². The fourth-order valence-corrected chi connectivity index (χ4v) is 2.26. The summed E-state index contributed by atoms with van der Waals surface area (Å²) >= 11 is 0. The molecular weight excluding hydrogens is 328 g/mol. The number of aliphatic hydroxyl groups excluding tert-OH is 1. The Hall–Kier alpha value is -2.20. The summed E-state index contributed by atoms with van der Waals surface area (Å²) in [5.41, 5.74) is 0. The second-order valence-corrected chi connectivity index (χ2v) is 5.06. The monoisotopic (exact) mass is 348 g/mol. The van der Waals surface area contributed by atoms with E-state index in [2.05, 4.69) is 0 Å². The molecule has 0 bridgehead atoms. The highest BCUT2D eigenvalue weighted by atomic mass is 16.7. The van der Waals surface area contributed by atoms with Crippen molar-refractivity contribution >= 4 is 23.9 Å². The molecule has 0 aromatic heterocycles. The molecule has 24 heavy (non-hydrogen) atoms. The first-order chi connectivity index (χ1) is 11.1. The van der Waals surface area contributed by atoms with Gasteiger partial charge < -0.3 is 28.8 Å². The molecule has 1 saturated heterocycles. The van der Waals surface area contributed by atoms with Crippen LogP contribution in [-0.2, 0) is 42.9 Å². The van der Waals surface area contributed by atoms with Gasteiger partial charge in [0.25, 0.3) is 0 Å². The summed E-state index contributed by atoms with van der Waals surface area (Å²) in [5, 5.41) is 9.44. The SMILES string of the molecule is CC(=O)O[C@@H]1O[C@H](CO)[C@H](OC(C)=O)[C@H](OC(C)=O)[C@H]1OC(C)=O. The Morgan fingerprint density at radius 3 is 1.58 bits per heavy atom. The molecule has 0 aromatic carbocycles. The summed E-state index contributed by atoms with van der Waals surface area (Å²) < 4.78 is 25.4. The second-order valence-electron chi connectivity index (χ2n) is 5.06. The number of hydrogen-bond acceptors (Lipinski definition) is 10. The van der Waals surface area contributed by atoms with Gasteiger partial charge in [0.2, 0.25) is 12.4 Å². The van der Waals surface area contributed by atoms with Crippen molar-refractivity contribution in [2.75, 3.05) is 6.61 Å². The fraction of sp³-hybridized carbons (Fsp3) is 0.714. The average molecular weight is 348 g/mol. The molecule has 10 heteroatoms. The van der Waals surface area contributed by atoms with Crippen LogP contribution in [0, 0.1) is 0 Å². The van der Waals surface area contributed by atoms with Crippen LogP contribution in [0.15, 0.2) is 0 Å². The topological polar surface area (TPSA) is 135 Å². The molecule has 0 amide bonds.